The standard InChI is InChI=1S/C13H17BrN2O3/c1-9(2)8-19-16-12(17)7-15-13(18)10-3-5-11(14)6-4-10/h3-6,9H,7-8H2,1-2H3,(H,15,18)(H,16,17). The van der Waals surface area contributed by atoms with Crippen molar-refractivity contribution >= 4 is 27.7 Å². The molecule has 1 aromatic rings. The van der Waals surface area contributed by atoms with Crippen molar-refractivity contribution in [3.63, 3.8) is 0 Å². The zero-order chi connectivity index (χ0) is 14.3. The second-order valence-corrected chi connectivity index (χ2v) is 5.34. The third-order valence-corrected chi connectivity index (χ3v) is 2.65. The predicted molar refractivity (Wildman–Crippen MR) is 75.4 cm³/mol. The molecule has 0 aliphatic rings. The van der Waals surface area contributed by atoms with Crippen LogP contribution in [0.2, 0.25) is 0 Å². The maximum atomic E-state index is 11.7. The van der Waals surface area contributed by atoms with Gasteiger partial charge in [-0.05, 0) is 30.2 Å². The van der Waals surface area contributed by atoms with Gasteiger partial charge in [0, 0.05) is 10.0 Å². The Bertz CT molecular complexity index is 432. The van der Waals surface area contributed by atoms with Crippen molar-refractivity contribution in [2.24, 2.45) is 5.92 Å². The Labute approximate surface area is 120 Å². The molecule has 2 N–H and O–H groups in total. The lowest BCUT2D eigenvalue weighted by molar-refractivity contribution is -0.133. The molecule has 19 heavy (non-hydrogen) atoms. The molecule has 104 valence electrons. The van der Waals surface area contributed by atoms with E-state index < -0.39 is 0 Å². The Morgan fingerprint density at radius 3 is 2.47 bits per heavy atom. The molecule has 0 radical (unpaired) electrons. The molecule has 0 saturated heterocycles. The number of rotatable bonds is 6. The van der Waals surface area contributed by atoms with Gasteiger partial charge in [0.25, 0.3) is 11.8 Å². The molecule has 6 heteroatoms. The van der Waals surface area contributed by atoms with E-state index in [2.05, 4.69) is 26.7 Å². The fraction of sp³-hybridized carbons (Fsp3) is 0.385. The first-order valence-electron chi connectivity index (χ1n) is 5.93. The van der Waals surface area contributed by atoms with Crippen LogP contribution in [0.25, 0.3) is 0 Å². The average Bonchev–Trinajstić information content (AvgIpc) is 2.36. The van der Waals surface area contributed by atoms with Gasteiger partial charge in [0.15, 0.2) is 0 Å². The lowest BCUT2D eigenvalue weighted by atomic mass is 10.2. The molecule has 5 nitrogen and oxygen atoms in total. The first-order valence-corrected chi connectivity index (χ1v) is 6.72. The molecule has 0 unspecified atom stereocenters. The van der Waals surface area contributed by atoms with Crippen LogP contribution in [-0.4, -0.2) is 25.0 Å². The van der Waals surface area contributed by atoms with E-state index in [1.54, 1.807) is 24.3 Å². The van der Waals surface area contributed by atoms with E-state index in [4.69, 9.17) is 4.84 Å². The predicted octanol–water partition coefficient (Wildman–Crippen LogP) is 1.88. The SMILES string of the molecule is CC(C)CONC(=O)CNC(=O)c1ccc(Br)cc1. The van der Waals surface area contributed by atoms with E-state index in [1.807, 2.05) is 13.8 Å². The van der Waals surface area contributed by atoms with Crippen LogP contribution in [-0.2, 0) is 9.63 Å². The van der Waals surface area contributed by atoms with E-state index in [0.717, 1.165) is 4.47 Å². The zero-order valence-electron chi connectivity index (χ0n) is 10.9. The smallest absolute Gasteiger partial charge is 0.262 e. The molecular weight excluding hydrogens is 312 g/mol. The first-order chi connectivity index (χ1) is 8.99. The monoisotopic (exact) mass is 328 g/mol. The van der Waals surface area contributed by atoms with Gasteiger partial charge in [-0.1, -0.05) is 29.8 Å². The summed E-state index contributed by atoms with van der Waals surface area (Å²) in [5, 5.41) is 2.51. The minimum absolute atomic E-state index is 0.118. The van der Waals surface area contributed by atoms with Crippen LogP contribution in [0.5, 0.6) is 0 Å². The van der Waals surface area contributed by atoms with Crippen molar-refractivity contribution in [2.75, 3.05) is 13.2 Å². The van der Waals surface area contributed by atoms with Crippen molar-refractivity contribution < 1.29 is 14.4 Å². The zero-order valence-corrected chi connectivity index (χ0v) is 12.5. The minimum Gasteiger partial charge on any atom is -0.343 e. The number of nitrogens with one attached hydrogen (secondary N) is 2. The second-order valence-electron chi connectivity index (χ2n) is 4.42. The van der Waals surface area contributed by atoms with Gasteiger partial charge in [0.05, 0.1) is 13.2 Å². The van der Waals surface area contributed by atoms with Crippen LogP contribution in [0.15, 0.2) is 28.7 Å². The highest BCUT2D eigenvalue weighted by atomic mass is 79.9. The number of carbonyl (C=O) groups excluding carboxylic acids is 2. The Balaban J connectivity index is 2.30. The average molecular weight is 329 g/mol. The van der Waals surface area contributed by atoms with Crippen molar-refractivity contribution in [1.29, 1.82) is 0 Å². The molecule has 0 bridgehead atoms. The van der Waals surface area contributed by atoms with Crippen LogP contribution in [0.4, 0.5) is 0 Å². The van der Waals surface area contributed by atoms with Gasteiger partial charge in [0.2, 0.25) is 0 Å². The largest absolute Gasteiger partial charge is 0.343 e. The van der Waals surface area contributed by atoms with Gasteiger partial charge in [0.1, 0.15) is 0 Å². The quantitative estimate of drug-likeness (QED) is 0.783. The molecule has 0 spiro atoms. The Morgan fingerprint density at radius 1 is 1.26 bits per heavy atom. The molecule has 0 aliphatic carbocycles. The van der Waals surface area contributed by atoms with Crippen LogP contribution < -0.4 is 10.8 Å². The maximum absolute atomic E-state index is 11.7. The third-order valence-electron chi connectivity index (χ3n) is 2.12. The minimum atomic E-state index is -0.383. The summed E-state index contributed by atoms with van der Waals surface area (Å²) in [5.41, 5.74) is 2.77. The molecule has 0 saturated carbocycles. The van der Waals surface area contributed by atoms with Crippen LogP contribution in [0.3, 0.4) is 0 Å². The number of benzene rings is 1. The molecule has 0 atom stereocenters. The van der Waals surface area contributed by atoms with Gasteiger partial charge < -0.3 is 5.32 Å². The lowest BCUT2D eigenvalue weighted by Crippen LogP contribution is -2.37. The fourth-order valence-electron chi connectivity index (χ4n) is 1.19. The third kappa shape index (κ3) is 6.35. The number of carbonyl (C=O) groups is 2. The number of hydrogen-bond donors (Lipinski definition) is 2. The summed E-state index contributed by atoms with van der Waals surface area (Å²) < 4.78 is 0.892. The summed E-state index contributed by atoms with van der Waals surface area (Å²) >= 11 is 3.28. The summed E-state index contributed by atoms with van der Waals surface area (Å²) in [7, 11) is 0. The molecule has 1 rings (SSSR count). The summed E-state index contributed by atoms with van der Waals surface area (Å²) in [5.74, 6) is -0.352. The maximum Gasteiger partial charge on any atom is 0.262 e. The van der Waals surface area contributed by atoms with Gasteiger partial charge >= 0.3 is 0 Å². The van der Waals surface area contributed by atoms with Crippen molar-refractivity contribution in [3.05, 3.63) is 34.3 Å². The lowest BCUT2D eigenvalue weighted by Gasteiger charge is -2.08. The summed E-state index contributed by atoms with van der Waals surface area (Å²) in [6.07, 6.45) is 0. The van der Waals surface area contributed by atoms with Gasteiger partial charge in [-0.25, -0.2) is 5.48 Å². The van der Waals surface area contributed by atoms with E-state index in [0.29, 0.717) is 18.1 Å². The Morgan fingerprint density at radius 2 is 1.89 bits per heavy atom. The highest BCUT2D eigenvalue weighted by Crippen LogP contribution is 2.10. The second kappa shape index (κ2) is 7.91. The van der Waals surface area contributed by atoms with E-state index >= 15 is 0 Å². The highest BCUT2D eigenvalue weighted by molar-refractivity contribution is 9.10. The summed E-state index contributed by atoms with van der Waals surface area (Å²) in [6, 6.07) is 6.88. The van der Waals surface area contributed by atoms with Gasteiger partial charge in [-0.15, -0.1) is 0 Å². The van der Waals surface area contributed by atoms with E-state index in [-0.39, 0.29) is 18.4 Å². The Kier molecular flexibility index (Phi) is 6.52. The van der Waals surface area contributed by atoms with Gasteiger partial charge in [-0.3, -0.25) is 14.4 Å². The topological polar surface area (TPSA) is 67.4 Å². The van der Waals surface area contributed by atoms with E-state index in [1.165, 1.54) is 0 Å². The summed E-state index contributed by atoms with van der Waals surface area (Å²) in [4.78, 5) is 28.0. The normalized spacial score (nSPS) is 10.3. The van der Waals surface area contributed by atoms with Gasteiger partial charge in [-0.2, -0.15) is 0 Å². The Hall–Kier alpha value is -1.40. The molecule has 1 aromatic carbocycles. The molecular formula is C13H17BrN2O3. The van der Waals surface area contributed by atoms with E-state index in [9.17, 15) is 9.59 Å². The van der Waals surface area contributed by atoms with Crippen molar-refractivity contribution in [3.8, 4) is 0 Å². The highest BCUT2D eigenvalue weighted by Gasteiger charge is 2.07. The molecule has 2 amide bonds. The number of hydroxylamine groups is 1. The van der Waals surface area contributed by atoms with Crippen LogP contribution in [0, 0.1) is 5.92 Å². The van der Waals surface area contributed by atoms with Crippen LogP contribution >= 0.6 is 15.9 Å². The molecule has 0 fully saturated rings. The number of amides is 2. The van der Waals surface area contributed by atoms with Crippen molar-refractivity contribution in [1.82, 2.24) is 10.8 Å². The molecule has 0 aromatic heterocycles. The fourth-order valence-corrected chi connectivity index (χ4v) is 1.45. The first kappa shape index (κ1) is 15.7. The number of halogens is 1. The van der Waals surface area contributed by atoms with Crippen molar-refractivity contribution in [2.45, 2.75) is 13.8 Å². The molecule has 0 aliphatic heterocycles. The number of hydrogen-bond acceptors (Lipinski definition) is 3. The van der Waals surface area contributed by atoms with Crippen LogP contribution in [0.1, 0.15) is 24.2 Å². The molecule has 0 heterocycles. The summed E-state index contributed by atoms with van der Waals surface area (Å²) in [6.45, 7) is 4.27.